The summed E-state index contributed by atoms with van der Waals surface area (Å²) < 4.78 is 16.6. The Bertz CT molecular complexity index is 1100. The molecule has 1 amide bonds. The summed E-state index contributed by atoms with van der Waals surface area (Å²) in [6, 6.07) is 9.34. The lowest BCUT2D eigenvalue weighted by Crippen LogP contribution is -2.38. The third-order valence-corrected chi connectivity index (χ3v) is 6.06. The van der Waals surface area contributed by atoms with E-state index in [9.17, 15) is 4.79 Å². The van der Waals surface area contributed by atoms with Gasteiger partial charge in [0, 0.05) is 48.8 Å². The van der Waals surface area contributed by atoms with Crippen LogP contribution in [0.15, 0.2) is 36.7 Å². The third-order valence-electron chi connectivity index (χ3n) is 6.06. The van der Waals surface area contributed by atoms with Crippen LogP contribution in [0, 0.1) is 0 Å². The minimum Gasteiger partial charge on any atom is -0.496 e. The molecular weight excluding hydrogens is 408 g/mol. The highest BCUT2D eigenvalue weighted by atomic mass is 16.5. The molecule has 1 N–H and O–H groups in total. The lowest BCUT2D eigenvalue weighted by atomic mass is 9.87. The number of ether oxygens (including phenoxy) is 3. The second-order valence-corrected chi connectivity index (χ2v) is 7.72. The van der Waals surface area contributed by atoms with Crippen LogP contribution in [0.3, 0.4) is 0 Å². The van der Waals surface area contributed by atoms with E-state index in [1.165, 1.54) is 6.33 Å². The number of likely N-dealkylation sites (tertiary alicyclic amines) is 1. The number of aromatic nitrogens is 2. The van der Waals surface area contributed by atoms with Gasteiger partial charge in [-0.2, -0.15) is 0 Å². The summed E-state index contributed by atoms with van der Waals surface area (Å²) in [5.74, 6) is 3.19. The molecular formula is C24H28N4O4. The van der Waals surface area contributed by atoms with Crippen LogP contribution in [-0.2, 0) is 0 Å². The Morgan fingerprint density at radius 1 is 1.00 bits per heavy atom. The fourth-order valence-corrected chi connectivity index (χ4v) is 4.38. The molecule has 8 heteroatoms. The van der Waals surface area contributed by atoms with Gasteiger partial charge < -0.3 is 24.4 Å². The Kier molecular flexibility index (Phi) is 6.30. The van der Waals surface area contributed by atoms with E-state index < -0.39 is 0 Å². The Hall–Kier alpha value is -3.55. The summed E-state index contributed by atoms with van der Waals surface area (Å²) in [6.45, 7) is 1.32. The molecule has 1 aliphatic rings. The molecule has 8 nitrogen and oxygen atoms in total. The Balaban J connectivity index is 1.52. The van der Waals surface area contributed by atoms with Crippen molar-refractivity contribution in [1.29, 1.82) is 0 Å². The molecule has 1 aromatic heterocycles. The van der Waals surface area contributed by atoms with Crippen molar-refractivity contribution in [1.82, 2.24) is 14.9 Å². The zero-order valence-corrected chi connectivity index (χ0v) is 18.8. The van der Waals surface area contributed by atoms with Gasteiger partial charge in [-0.3, -0.25) is 4.79 Å². The van der Waals surface area contributed by atoms with Gasteiger partial charge in [-0.05, 0) is 37.0 Å². The number of nitrogens with zero attached hydrogens (tertiary/aromatic N) is 3. The largest absolute Gasteiger partial charge is 0.496 e. The normalized spacial score (nSPS) is 14.3. The monoisotopic (exact) mass is 436 g/mol. The molecule has 1 saturated heterocycles. The lowest BCUT2D eigenvalue weighted by Gasteiger charge is -2.33. The van der Waals surface area contributed by atoms with Gasteiger partial charge in [0.05, 0.1) is 26.8 Å². The molecule has 0 radical (unpaired) electrons. The summed E-state index contributed by atoms with van der Waals surface area (Å²) in [5, 5.41) is 3.95. The second kappa shape index (κ2) is 9.30. The molecule has 1 aliphatic heterocycles. The van der Waals surface area contributed by atoms with Crippen molar-refractivity contribution >= 4 is 22.6 Å². The fourth-order valence-electron chi connectivity index (χ4n) is 4.38. The first-order valence-corrected chi connectivity index (χ1v) is 10.6. The van der Waals surface area contributed by atoms with Crippen molar-refractivity contribution in [3.8, 4) is 17.2 Å². The number of fused-ring (bicyclic) bond motifs is 1. The summed E-state index contributed by atoms with van der Waals surface area (Å²) in [6.07, 6.45) is 3.15. The van der Waals surface area contributed by atoms with Gasteiger partial charge in [-0.1, -0.05) is 0 Å². The minimum absolute atomic E-state index is 0.0173. The van der Waals surface area contributed by atoms with Crippen molar-refractivity contribution in [2.24, 2.45) is 0 Å². The van der Waals surface area contributed by atoms with Crippen LogP contribution in [0.1, 0.15) is 34.7 Å². The number of benzene rings is 2. The molecule has 0 atom stereocenters. The number of carbonyl (C=O) groups is 1. The highest BCUT2D eigenvalue weighted by Gasteiger charge is 2.29. The Morgan fingerprint density at radius 2 is 1.69 bits per heavy atom. The number of hydrogen-bond acceptors (Lipinski definition) is 7. The van der Waals surface area contributed by atoms with E-state index in [0.717, 1.165) is 46.6 Å². The van der Waals surface area contributed by atoms with Gasteiger partial charge in [-0.15, -0.1) is 0 Å². The minimum atomic E-state index is 0.0173. The maximum Gasteiger partial charge on any atom is 0.253 e. The standard InChI is InChI=1S/C24H28N4O4/c1-25-23-18-6-5-16(11-19(18)26-14-27-23)24(29)28-9-7-15(8-10-28)22-20(31-3)12-17(30-2)13-21(22)32-4/h5-6,11-15H,7-10H2,1-4H3,(H,25,26,27). The molecule has 2 aromatic carbocycles. The first-order valence-electron chi connectivity index (χ1n) is 10.6. The van der Waals surface area contributed by atoms with Gasteiger partial charge >= 0.3 is 0 Å². The zero-order valence-electron chi connectivity index (χ0n) is 18.8. The van der Waals surface area contributed by atoms with E-state index in [0.29, 0.717) is 24.4 Å². The molecule has 32 heavy (non-hydrogen) atoms. The van der Waals surface area contributed by atoms with Crippen molar-refractivity contribution in [2.45, 2.75) is 18.8 Å². The van der Waals surface area contributed by atoms with Crippen LogP contribution in [0.25, 0.3) is 10.9 Å². The predicted molar refractivity (Wildman–Crippen MR) is 123 cm³/mol. The molecule has 168 valence electrons. The van der Waals surface area contributed by atoms with Gasteiger partial charge in [0.15, 0.2) is 0 Å². The summed E-state index contributed by atoms with van der Waals surface area (Å²) in [4.78, 5) is 23.6. The van der Waals surface area contributed by atoms with Gasteiger partial charge in [-0.25, -0.2) is 9.97 Å². The van der Waals surface area contributed by atoms with E-state index >= 15 is 0 Å². The summed E-state index contributed by atoms with van der Waals surface area (Å²) >= 11 is 0. The molecule has 0 saturated carbocycles. The van der Waals surface area contributed by atoms with Gasteiger partial charge in [0.25, 0.3) is 5.91 Å². The van der Waals surface area contributed by atoms with Crippen LogP contribution < -0.4 is 19.5 Å². The molecule has 2 heterocycles. The molecule has 3 aromatic rings. The molecule has 4 rings (SSSR count). The van der Waals surface area contributed by atoms with Crippen molar-refractivity contribution in [3.63, 3.8) is 0 Å². The number of piperidine rings is 1. The first kappa shape index (κ1) is 21.7. The van der Waals surface area contributed by atoms with Crippen LogP contribution >= 0.6 is 0 Å². The number of rotatable bonds is 6. The molecule has 0 aliphatic carbocycles. The predicted octanol–water partition coefficient (Wildman–Crippen LogP) is 3.72. The average molecular weight is 437 g/mol. The maximum atomic E-state index is 13.2. The SMILES string of the molecule is CNc1ncnc2cc(C(=O)N3CCC(c4c(OC)cc(OC)cc4OC)CC3)ccc12. The number of anilines is 1. The number of nitrogens with one attached hydrogen (secondary N) is 1. The average Bonchev–Trinajstić information content (AvgIpc) is 2.86. The molecule has 0 bridgehead atoms. The van der Waals surface area contributed by atoms with Crippen LogP contribution in [-0.4, -0.2) is 62.2 Å². The third kappa shape index (κ3) is 4.00. The van der Waals surface area contributed by atoms with Crippen LogP contribution in [0.5, 0.6) is 17.2 Å². The van der Waals surface area contributed by atoms with E-state index in [2.05, 4.69) is 15.3 Å². The zero-order chi connectivity index (χ0) is 22.7. The molecule has 1 fully saturated rings. The highest BCUT2D eigenvalue weighted by Crippen LogP contribution is 2.43. The van der Waals surface area contributed by atoms with Crippen LogP contribution in [0.4, 0.5) is 5.82 Å². The van der Waals surface area contributed by atoms with Gasteiger partial charge in [0.1, 0.15) is 29.4 Å². The summed E-state index contributed by atoms with van der Waals surface area (Å²) in [7, 11) is 6.74. The lowest BCUT2D eigenvalue weighted by molar-refractivity contribution is 0.0712. The Morgan fingerprint density at radius 3 is 2.28 bits per heavy atom. The molecule has 0 spiro atoms. The number of methoxy groups -OCH3 is 3. The van der Waals surface area contributed by atoms with Crippen LogP contribution in [0.2, 0.25) is 0 Å². The Labute approximate surface area is 187 Å². The summed E-state index contributed by atoms with van der Waals surface area (Å²) in [5.41, 5.74) is 2.42. The number of hydrogen-bond donors (Lipinski definition) is 1. The van der Waals surface area contributed by atoms with E-state index in [4.69, 9.17) is 14.2 Å². The fraction of sp³-hybridized carbons (Fsp3) is 0.375. The number of amides is 1. The van der Waals surface area contributed by atoms with E-state index in [1.54, 1.807) is 21.3 Å². The maximum absolute atomic E-state index is 13.2. The number of carbonyl (C=O) groups excluding carboxylic acids is 1. The van der Waals surface area contributed by atoms with Crippen molar-refractivity contribution in [2.75, 3.05) is 46.8 Å². The van der Waals surface area contributed by atoms with E-state index in [-0.39, 0.29) is 11.8 Å². The first-order chi connectivity index (χ1) is 15.6. The van der Waals surface area contributed by atoms with Gasteiger partial charge in [0.2, 0.25) is 0 Å². The van der Waals surface area contributed by atoms with Crippen molar-refractivity contribution in [3.05, 3.63) is 47.8 Å². The smallest absolute Gasteiger partial charge is 0.253 e. The second-order valence-electron chi connectivity index (χ2n) is 7.72. The van der Waals surface area contributed by atoms with Crippen molar-refractivity contribution < 1.29 is 19.0 Å². The molecule has 0 unspecified atom stereocenters. The topological polar surface area (TPSA) is 85.8 Å². The quantitative estimate of drug-likeness (QED) is 0.630. The highest BCUT2D eigenvalue weighted by molar-refractivity contribution is 5.99. The van der Waals surface area contributed by atoms with E-state index in [1.807, 2.05) is 42.3 Å².